The minimum Gasteiger partial charge on any atom is -0.481 e. The van der Waals surface area contributed by atoms with Gasteiger partial charge in [-0.15, -0.1) is 11.3 Å². The highest BCUT2D eigenvalue weighted by Crippen LogP contribution is 2.39. The summed E-state index contributed by atoms with van der Waals surface area (Å²) in [6.07, 6.45) is 3.74. The number of aryl methyl sites for hydroxylation is 2. The molecule has 3 heterocycles. The first-order chi connectivity index (χ1) is 11.5. The number of methoxy groups -OCH3 is 1. The Morgan fingerprint density at radius 1 is 1.54 bits per heavy atom. The van der Waals surface area contributed by atoms with E-state index in [1.807, 2.05) is 26.3 Å². The molecule has 7 nitrogen and oxygen atoms in total. The largest absolute Gasteiger partial charge is 0.481 e. The summed E-state index contributed by atoms with van der Waals surface area (Å²) < 4.78 is 7.31. The Bertz CT molecular complexity index is 712. The second kappa shape index (κ2) is 6.90. The van der Waals surface area contributed by atoms with Crippen LogP contribution in [-0.2, 0) is 11.8 Å². The molecule has 0 unspecified atom stereocenters. The van der Waals surface area contributed by atoms with E-state index in [0.29, 0.717) is 5.13 Å². The molecule has 0 aliphatic carbocycles. The lowest BCUT2D eigenvalue weighted by molar-refractivity contribution is -0.121. The number of nitrogens with one attached hydrogen (secondary N) is 1. The highest BCUT2D eigenvalue weighted by molar-refractivity contribution is 7.13. The van der Waals surface area contributed by atoms with Gasteiger partial charge in [0.15, 0.2) is 5.13 Å². The summed E-state index contributed by atoms with van der Waals surface area (Å²) in [5.41, 5.74) is 2.05. The van der Waals surface area contributed by atoms with Gasteiger partial charge in [0.2, 0.25) is 11.8 Å². The molecule has 1 saturated heterocycles. The molecular formula is C16H23N5O2S. The number of nitrogens with zero attached hydrogens (tertiary/aromatic N) is 4. The van der Waals surface area contributed by atoms with Crippen molar-refractivity contribution in [1.29, 1.82) is 0 Å². The first kappa shape index (κ1) is 16.9. The second-order valence-electron chi connectivity index (χ2n) is 6.03. The molecule has 2 atom stereocenters. The lowest BCUT2D eigenvalue weighted by atomic mass is 10.0. The maximum Gasteiger partial charge on any atom is 0.243 e. The number of thiazole rings is 1. The number of hydrogen-bond donors (Lipinski definition) is 1. The number of carbonyl (C=O) groups is 1. The molecule has 2 aromatic rings. The minimum absolute atomic E-state index is 0.0302. The summed E-state index contributed by atoms with van der Waals surface area (Å²) in [5, 5.41) is 9.86. The summed E-state index contributed by atoms with van der Waals surface area (Å²) >= 11 is 1.43. The van der Waals surface area contributed by atoms with Gasteiger partial charge in [-0.05, 0) is 33.2 Å². The van der Waals surface area contributed by atoms with Crippen molar-refractivity contribution >= 4 is 22.4 Å². The maximum atomic E-state index is 12.6. The fraction of sp³-hybridized carbons (Fsp3) is 0.562. The topological polar surface area (TPSA) is 72.3 Å². The molecule has 1 aliphatic heterocycles. The number of carbonyl (C=O) groups excluding carboxylic acids is 1. The smallest absolute Gasteiger partial charge is 0.243 e. The second-order valence-corrected chi connectivity index (χ2v) is 6.92. The normalized spacial score (nSPS) is 19.4. The van der Waals surface area contributed by atoms with Crippen LogP contribution in [0.2, 0.25) is 0 Å². The van der Waals surface area contributed by atoms with E-state index >= 15 is 0 Å². The van der Waals surface area contributed by atoms with Crippen molar-refractivity contribution in [2.24, 2.45) is 7.05 Å². The monoisotopic (exact) mass is 349 g/mol. The number of rotatable bonds is 5. The van der Waals surface area contributed by atoms with Crippen LogP contribution in [-0.4, -0.2) is 45.3 Å². The standard InChI is InChI=1S/C16H23N5O2S/c1-10-13(15(23-4)20(3)19-10)12-6-5-8-21(12)11(2)14(22)18-16-17-7-9-24-16/h7,9,11-12H,5-6,8H2,1-4H3,(H,17,18,22)/t11-,12-/m1/s1. The van der Waals surface area contributed by atoms with Gasteiger partial charge in [-0.3, -0.25) is 9.69 Å². The highest BCUT2D eigenvalue weighted by atomic mass is 32.1. The third-order valence-corrected chi connectivity index (χ3v) is 5.26. The van der Waals surface area contributed by atoms with Gasteiger partial charge in [-0.1, -0.05) is 0 Å². The van der Waals surface area contributed by atoms with Gasteiger partial charge in [0, 0.05) is 24.7 Å². The zero-order valence-corrected chi connectivity index (χ0v) is 15.3. The molecule has 1 fully saturated rings. The summed E-state index contributed by atoms with van der Waals surface area (Å²) in [5.74, 6) is 0.745. The average molecular weight is 349 g/mol. The molecule has 2 aromatic heterocycles. The van der Waals surface area contributed by atoms with E-state index < -0.39 is 0 Å². The van der Waals surface area contributed by atoms with Crippen LogP contribution in [0.5, 0.6) is 5.88 Å². The Labute approximate surface area is 145 Å². The van der Waals surface area contributed by atoms with Crippen molar-refractivity contribution < 1.29 is 9.53 Å². The number of hydrogen-bond acceptors (Lipinski definition) is 6. The summed E-state index contributed by atoms with van der Waals surface area (Å²) in [6, 6.07) is -0.101. The number of aromatic nitrogens is 3. The van der Waals surface area contributed by atoms with Gasteiger partial charge in [0.25, 0.3) is 0 Å². The molecule has 130 valence electrons. The third kappa shape index (κ3) is 3.03. The Morgan fingerprint density at radius 3 is 3.00 bits per heavy atom. The molecule has 0 saturated carbocycles. The molecule has 1 amide bonds. The molecular weight excluding hydrogens is 326 g/mol. The zero-order chi connectivity index (χ0) is 17.3. The summed E-state index contributed by atoms with van der Waals surface area (Å²) in [6.45, 7) is 4.82. The van der Waals surface area contributed by atoms with E-state index in [4.69, 9.17) is 4.74 Å². The van der Waals surface area contributed by atoms with Crippen LogP contribution in [0.4, 0.5) is 5.13 Å². The highest BCUT2D eigenvalue weighted by Gasteiger charge is 2.37. The van der Waals surface area contributed by atoms with Crippen LogP contribution in [0.3, 0.4) is 0 Å². The van der Waals surface area contributed by atoms with E-state index in [1.165, 1.54) is 11.3 Å². The fourth-order valence-electron chi connectivity index (χ4n) is 3.49. The van der Waals surface area contributed by atoms with E-state index in [0.717, 1.165) is 36.5 Å². The van der Waals surface area contributed by atoms with Crippen molar-refractivity contribution in [2.45, 2.75) is 38.8 Å². The molecule has 3 rings (SSSR count). The Hall–Kier alpha value is -1.93. The van der Waals surface area contributed by atoms with E-state index in [1.54, 1.807) is 18.0 Å². The van der Waals surface area contributed by atoms with Gasteiger partial charge >= 0.3 is 0 Å². The Balaban J connectivity index is 1.81. The molecule has 1 N–H and O–H groups in total. The molecule has 1 aliphatic rings. The number of ether oxygens (including phenoxy) is 1. The Morgan fingerprint density at radius 2 is 2.33 bits per heavy atom. The third-order valence-electron chi connectivity index (χ3n) is 4.57. The first-order valence-electron chi connectivity index (χ1n) is 8.06. The van der Waals surface area contributed by atoms with Gasteiger partial charge in [-0.2, -0.15) is 5.10 Å². The SMILES string of the molecule is COc1c([C@H]2CCCN2[C@H](C)C(=O)Nc2nccs2)c(C)nn1C. The van der Waals surface area contributed by atoms with Crippen molar-refractivity contribution in [2.75, 3.05) is 19.0 Å². The van der Waals surface area contributed by atoms with Gasteiger partial charge in [0.1, 0.15) is 0 Å². The molecule has 8 heteroatoms. The molecule has 24 heavy (non-hydrogen) atoms. The number of likely N-dealkylation sites (tertiary alicyclic amines) is 1. The fourth-order valence-corrected chi connectivity index (χ4v) is 4.02. The van der Waals surface area contributed by atoms with Crippen LogP contribution in [0, 0.1) is 6.92 Å². The molecule has 0 bridgehead atoms. The quantitative estimate of drug-likeness (QED) is 0.897. The molecule has 0 aromatic carbocycles. The number of amides is 1. The molecule has 0 spiro atoms. The van der Waals surface area contributed by atoms with E-state index in [-0.39, 0.29) is 18.0 Å². The van der Waals surface area contributed by atoms with Crippen molar-refractivity contribution in [1.82, 2.24) is 19.7 Å². The van der Waals surface area contributed by atoms with Crippen LogP contribution in [0.15, 0.2) is 11.6 Å². The van der Waals surface area contributed by atoms with Crippen LogP contribution in [0.1, 0.15) is 37.1 Å². The minimum atomic E-state index is -0.245. The van der Waals surface area contributed by atoms with Crippen LogP contribution >= 0.6 is 11.3 Å². The zero-order valence-electron chi connectivity index (χ0n) is 14.4. The summed E-state index contributed by atoms with van der Waals surface area (Å²) in [7, 11) is 3.55. The lowest BCUT2D eigenvalue weighted by Gasteiger charge is -2.29. The lowest BCUT2D eigenvalue weighted by Crippen LogP contribution is -2.41. The summed E-state index contributed by atoms with van der Waals surface area (Å²) in [4.78, 5) is 18.9. The predicted octanol–water partition coefficient (Wildman–Crippen LogP) is 2.36. The predicted molar refractivity (Wildman–Crippen MR) is 93.4 cm³/mol. The van der Waals surface area contributed by atoms with E-state index in [9.17, 15) is 4.79 Å². The van der Waals surface area contributed by atoms with Gasteiger partial charge < -0.3 is 10.1 Å². The maximum absolute atomic E-state index is 12.6. The van der Waals surface area contributed by atoms with Crippen LogP contribution in [0.25, 0.3) is 0 Å². The Kier molecular flexibility index (Phi) is 4.86. The van der Waals surface area contributed by atoms with Crippen molar-refractivity contribution in [3.05, 3.63) is 22.8 Å². The van der Waals surface area contributed by atoms with Crippen LogP contribution < -0.4 is 10.1 Å². The van der Waals surface area contributed by atoms with Crippen molar-refractivity contribution in [3.63, 3.8) is 0 Å². The van der Waals surface area contributed by atoms with Crippen molar-refractivity contribution in [3.8, 4) is 5.88 Å². The van der Waals surface area contributed by atoms with E-state index in [2.05, 4.69) is 20.3 Å². The first-order valence-corrected chi connectivity index (χ1v) is 8.94. The van der Waals surface area contributed by atoms with Gasteiger partial charge in [-0.25, -0.2) is 9.67 Å². The molecule has 0 radical (unpaired) electrons. The van der Waals surface area contributed by atoms with Gasteiger partial charge in [0.05, 0.1) is 24.4 Å². The average Bonchev–Trinajstić information content (AvgIpc) is 3.26. The number of anilines is 1.